The van der Waals surface area contributed by atoms with Crippen LogP contribution in [0.25, 0.3) is 0 Å². The number of aryl methyl sites for hydroxylation is 1. The largest absolute Gasteiger partial charge is 0.381 e. The summed E-state index contributed by atoms with van der Waals surface area (Å²) in [6, 6.07) is 0.121. The first-order chi connectivity index (χ1) is 11.1. The molecular weight excluding hydrogens is 296 g/mol. The zero-order valence-corrected chi connectivity index (χ0v) is 13.5. The van der Waals surface area contributed by atoms with Gasteiger partial charge in [-0.1, -0.05) is 0 Å². The second kappa shape index (κ2) is 7.12. The molecule has 0 radical (unpaired) electrons. The van der Waals surface area contributed by atoms with E-state index in [1.807, 2.05) is 7.05 Å². The van der Waals surface area contributed by atoms with E-state index in [-0.39, 0.29) is 23.8 Å². The monoisotopic (exact) mass is 320 g/mol. The third kappa shape index (κ3) is 3.72. The zero-order chi connectivity index (χ0) is 16.2. The molecule has 0 aliphatic carbocycles. The third-order valence-corrected chi connectivity index (χ3v) is 4.67. The minimum atomic E-state index is -0.162. The van der Waals surface area contributed by atoms with Crippen molar-refractivity contribution >= 4 is 11.8 Å². The average molecular weight is 320 g/mol. The van der Waals surface area contributed by atoms with E-state index in [1.54, 1.807) is 21.9 Å². The molecule has 2 fully saturated rings. The Morgan fingerprint density at radius 2 is 2.09 bits per heavy atom. The number of imidazole rings is 1. The molecule has 0 bridgehead atoms. The van der Waals surface area contributed by atoms with Gasteiger partial charge in [0.2, 0.25) is 5.78 Å². The van der Waals surface area contributed by atoms with Crippen molar-refractivity contribution in [1.29, 1.82) is 0 Å². The summed E-state index contributed by atoms with van der Waals surface area (Å²) in [6.45, 7) is 2.58. The van der Waals surface area contributed by atoms with Gasteiger partial charge in [0.25, 0.3) is 0 Å². The quantitative estimate of drug-likeness (QED) is 0.849. The standard InChI is InChI=1S/C16H24N4O3/c1-19-8-6-17-15(19)14(21)12-3-2-7-20(11-12)16(22)18-13-4-9-23-10-5-13/h6,8,12-13H,2-5,7,9-11H2,1H3,(H,18,22). The number of carbonyl (C=O) groups is 2. The average Bonchev–Trinajstić information content (AvgIpc) is 3.01. The molecule has 3 heterocycles. The Morgan fingerprint density at radius 1 is 1.30 bits per heavy atom. The van der Waals surface area contributed by atoms with Crippen molar-refractivity contribution in [1.82, 2.24) is 19.8 Å². The van der Waals surface area contributed by atoms with Gasteiger partial charge in [-0.15, -0.1) is 0 Å². The van der Waals surface area contributed by atoms with Crippen LogP contribution in [-0.2, 0) is 11.8 Å². The van der Waals surface area contributed by atoms with Gasteiger partial charge < -0.3 is 19.5 Å². The van der Waals surface area contributed by atoms with Crippen molar-refractivity contribution in [3.63, 3.8) is 0 Å². The topological polar surface area (TPSA) is 76.5 Å². The summed E-state index contributed by atoms with van der Waals surface area (Å²) in [5.74, 6) is 0.341. The molecule has 1 aromatic heterocycles. The van der Waals surface area contributed by atoms with Crippen LogP contribution in [0.1, 0.15) is 36.3 Å². The number of amides is 2. The van der Waals surface area contributed by atoms with Gasteiger partial charge in [-0.3, -0.25) is 4.79 Å². The minimum absolute atomic E-state index is 0.0288. The van der Waals surface area contributed by atoms with Crippen molar-refractivity contribution in [2.75, 3.05) is 26.3 Å². The van der Waals surface area contributed by atoms with E-state index in [1.165, 1.54) is 0 Å². The number of ketones is 1. The lowest BCUT2D eigenvalue weighted by atomic mass is 9.93. The first kappa shape index (κ1) is 16.0. The number of piperidine rings is 1. The number of aromatic nitrogens is 2. The lowest BCUT2D eigenvalue weighted by Gasteiger charge is -2.33. The molecule has 1 atom stereocenters. The minimum Gasteiger partial charge on any atom is -0.381 e. The number of ether oxygens (including phenoxy) is 1. The van der Waals surface area contributed by atoms with E-state index in [9.17, 15) is 9.59 Å². The van der Waals surface area contributed by atoms with Gasteiger partial charge in [0.05, 0.1) is 0 Å². The van der Waals surface area contributed by atoms with Crippen LogP contribution in [-0.4, -0.2) is 58.6 Å². The highest BCUT2D eigenvalue weighted by Crippen LogP contribution is 2.20. The van der Waals surface area contributed by atoms with E-state index in [0.29, 0.717) is 32.1 Å². The number of nitrogens with one attached hydrogen (secondary N) is 1. The number of Topliss-reactive ketones (excluding diaryl/α,β-unsaturated/α-hetero) is 1. The maximum atomic E-state index is 12.6. The lowest BCUT2D eigenvalue weighted by Crippen LogP contribution is -2.50. The van der Waals surface area contributed by atoms with Gasteiger partial charge in [0.1, 0.15) is 0 Å². The molecule has 1 N–H and O–H groups in total. The molecule has 0 saturated carbocycles. The van der Waals surface area contributed by atoms with E-state index in [0.717, 1.165) is 25.7 Å². The molecular formula is C16H24N4O3. The third-order valence-electron chi connectivity index (χ3n) is 4.67. The van der Waals surface area contributed by atoms with Gasteiger partial charge in [0.15, 0.2) is 5.82 Å². The van der Waals surface area contributed by atoms with Crippen LogP contribution in [0.4, 0.5) is 4.79 Å². The van der Waals surface area contributed by atoms with Crippen molar-refractivity contribution in [3.8, 4) is 0 Å². The smallest absolute Gasteiger partial charge is 0.317 e. The molecule has 7 nitrogen and oxygen atoms in total. The molecule has 0 spiro atoms. The number of hydrogen-bond donors (Lipinski definition) is 1. The normalized spacial score (nSPS) is 22.8. The molecule has 7 heteroatoms. The van der Waals surface area contributed by atoms with Gasteiger partial charge in [-0.05, 0) is 25.7 Å². The molecule has 2 saturated heterocycles. The number of rotatable bonds is 3. The van der Waals surface area contributed by atoms with Crippen LogP contribution < -0.4 is 5.32 Å². The van der Waals surface area contributed by atoms with Crippen LogP contribution in [0.5, 0.6) is 0 Å². The molecule has 2 aliphatic heterocycles. The van der Waals surface area contributed by atoms with Crippen molar-refractivity contribution in [2.24, 2.45) is 13.0 Å². The fourth-order valence-electron chi connectivity index (χ4n) is 3.27. The number of carbonyl (C=O) groups excluding carboxylic acids is 2. The number of likely N-dealkylation sites (tertiary alicyclic amines) is 1. The van der Waals surface area contributed by atoms with E-state index < -0.39 is 0 Å². The number of hydrogen-bond acceptors (Lipinski definition) is 4. The number of nitrogens with zero attached hydrogens (tertiary/aromatic N) is 3. The van der Waals surface area contributed by atoms with E-state index >= 15 is 0 Å². The molecule has 126 valence electrons. The van der Waals surface area contributed by atoms with Gasteiger partial charge >= 0.3 is 6.03 Å². The van der Waals surface area contributed by atoms with Crippen LogP contribution in [0.15, 0.2) is 12.4 Å². The summed E-state index contributed by atoms with van der Waals surface area (Å²) >= 11 is 0. The predicted molar refractivity (Wildman–Crippen MR) is 84.2 cm³/mol. The fourth-order valence-corrected chi connectivity index (χ4v) is 3.27. The van der Waals surface area contributed by atoms with E-state index in [4.69, 9.17) is 4.74 Å². The highest BCUT2D eigenvalue weighted by molar-refractivity contribution is 5.95. The van der Waals surface area contributed by atoms with Crippen LogP contribution >= 0.6 is 0 Å². The first-order valence-electron chi connectivity index (χ1n) is 8.30. The Bertz CT molecular complexity index is 565. The summed E-state index contributed by atoms with van der Waals surface area (Å²) in [5.41, 5.74) is 0. The molecule has 1 unspecified atom stereocenters. The van der Waals surface area contributed by atoms with E-state index in [2.05, 4.69) is 10.3 Å². The predicted octanol–water partition coefficient (Wildman–Crippen LogP) is 1.20. The second-order valence-electron chi connectivity index (χ2n) is 6.35. The maximum absolute atomic E-state index is 12.6. The van der Waals surface area contributed by atoms with Crippen molar-refractivity contribution < 1.29 is 14.3 Å². The fraction of sp³-hybridized carbons (Fsp3) is 0.688. The maximum Gasteiger partial charge on any atom is 0.317 e. The van der Waals surface area contributed by atoms with Crippen molar-refractivity contribution in [3.05, 3.63) is 18.2 Å². The van der Waals surface area contributed by atoms with Gasteiger partial charge in [-0.2, -0.15) is 0 Å². The zero-order valence-electron chi connectivity index (χ0n) is 13.5. The molecule has 0 aromatic carbocycles. The summed E-state index contributed by atoms with van der Waals surface area (Å²) in [5, 5.41) is 3.07. The molecule has 2 amide bonds. The Balaban J connectivity index is 1.58. The Kier molecular flexibility index (Phi) is 4.95. The first-order valence-corrected chi connectivity index (χ1v) is 8.30. The Labute approximate surface area is 136 Å². The Morgan fingerprint density at radius 3 is 2.78 bits per heavy atom. The lowest BCUT2D eigenvalue weighted by molar-refractivity contribution is 0.0747. The number of urea groups is 1. The molecule has 2 aliphatic rings. The van der Waals surface area contributed by atoms with Crippen LogP contribution in [0.2, 0.25) is 0 Å². The van der Waals surface area contributed by atoms with Crippen molar-refractivity contribution in [2.45, 2.75) is 31.7 Å². The summed E-state index contributed by atoms with van der Waals surface area (Å²) in [6.07, 6.45) is 6.77. The molecule has 1 aromatic rings. The SMILES string of the molecule is Cn1ccnc1C(=O)C1CCCN(C(=O)NC2CCOCC2)C1. The molecule has 3 rings (SSSR count). The van der Waals surface area contributed by atoms with Gasteiger partial charge in [0, 0.05) is 57.7 Å². The second-order valence-corrected chi connectivity index (χ2v) is 6.35. The highest BCUT2D eigenvalue weighted by atomic mass is 16.5. The molecule has 23 heavy (non-hydrogen) atoms. The van der Waals surface area contributed by atoms with Gasteiger partial charge in [-0.25, -0.2) is 9.78 Å². The van der Waals surface area contributed by atoms with Crippen LogP contribution in [0.3, 0.4) is 0 Å². The van der Waals surface area contributed by atoms with Crippen LogP contribution in [0, 0.1) is 5.92 Å². The summed E-state index contributed by atoms with van der Waals surface area (Å²) < 4.78 is 7.05. The summed E-state index contributed by atoms with van der Waals surface area (Å²) in [4.78, 5) is 30.9. The summed E-state index contributed by atoms with van der Waals surface area (Å²) in [7, 11) is 1.82. The Hall–Kier alpha value is -1.89. The highest BCUT2D eigenvalue weighted by Gasteiger charge is 2.31.